The standard InChI is InChI=1S/C12H21N3O3S2/c1-7-11(19-9(3)14-7)8(2)15-12(16)10(13)5-6-20(4,17)18/h8,10H,5-6,13H2,1-4H3,(H,15,16). The summed E-state index contributed by atoms with van der Waals surface area (Å²) in [6.07, 6.45) is 1.25. The quantitative estimate of drug-likeness (QED) is 0.803. The lowest BCUT2D eigenvalue weighted by Gasteiger charge is -2.16. The lowest BCUT2D eigenvalue weighted by atomic mass is 10.2. The van der Waals surface area contributed by atoms with Gasteiger partial charge in [0.25, 0.3) is 0 Å². The number of hydrogen-bond donors (Lipinski definition) is 2. The van der Waals surface area contributed by atoms with Crippen LogP contribution in [0.15, 0.2) is 0 Å². The van der Waals surface area contributed by atoms with E-state index in [1.54, 1.807) is 0 Å². The molecule has 2 atom stereocenters. The number of carbonyl (C=O) groups excluding carboxylic acids is 1. The lowest BCUT2D eigenvalue weighted by Crippen LogP contribution is -2.42. The number of nitrogens with zero attached hydrogens (tertiary/aromatic N) is 1. The molecule has 0 aliphatic rings. The summed E-state index contributed by atoms with van der Waals surface area (Å²) in [6, 6.07) is -1.00. The van der Waals surface area contributed by atoms with E-state index in [2.05, 4.69) is 10.3 Å². The molecule has 1 amide bonds. The third-order valence-corrected chi connectivity index (χ3v) is 5.06. The Bertz CT molecular complexity index is 581. The third-order valence-electron chi connectivity index (χ3n) is 2.83. The van der Waals surface area contributed by atoms with Crippen molar-refractivity contribution in [1.82, 2.24) is 10.3 Å². The zero-order valence-electron chi connectivity index (χ0n) is 12.1. The minimum atomic E-state index is -3.10. The van der Waals surface area contributed by atoms with Crippen molar-refractivity contribution in [3.05, 3.63) is 15.6 Å². The topological polar surface area (TPSA) is 102 Å². The first kappa shape index (κ1) is 17.1. The fraction of sp³-hybridized carbons (Fsp3) is 0.667. The lowest BCUT2D eigenvalue weighted by molar-refractivity contribution is -0.123. The van der Waals surface area contributed by atoms with E-state index in [1.807, 2.05) is 20.8 Å². The summed E-state index contributed by atoms with van der Waals surface area (Å²) in [7, 11) is -3.10. The third kappa shape index (κ3) is 5.18. The smallest absolute Gasteiger partial charge is 0.237 e. The predicted octanol–water partition coefficient (Wildman–Crippen LogP) is 0.699. The average molecular weight is 319 g/mol. The number of aryl methyl sites for hydroxylation is 2. The number of sulfone groups is 1. The zero-order chi connectivity index (χ0) is 15.5. The Morgan fingerprint density at radius 1 is 1.45 bits per heavy atom. The van der Waals surface area contributed by atoms with Crippen molar-refractivity contribution in [2.24, 2.45) is 5.73 Å². The molecule has 0 fully saturated rings. The largest absolute Gasteiger partial charge is 0.347 e. The first-order chi connectivity index (χ1) is 9.10. The fourth-order valence-corrected chi connectivity index (χ4v) is 3.42. The fourth-order valence-electron chi connectivity index (χ4n) is 1.81. The molecule has 0 saturated carbocycles. The average Bonchev–Trinajstić information content (AvgIpc) is 2.64. The molecular formula is C12H21N3O3S2. The second kappa shape index (κ2) is 6.64. The first-order valence-corrected chi connectivity index (χ1v) is 9.15. The number of nitrogens with one attached hydrogen (secondary N) is 1. The van der Waals surface area contributed by atoms with Crippen molar-refractivity contribution in [3.8, 4) is 0 Å². The Balaban J connectivity index is 2.59. The van der Waals surface area contributed by atoms with E-state index in [9.17, 15) is 13.2 Å². The molecule has 2 unspecified atom stereocenters. The van der Waals surface area contributed by atoms with Gasteiger partial charge in [-0.2, -0.15) is 0 Å². The molecule has 20 heavy (non-hydrogen) atoms. The van der Waals surface area contributed by atoms with Crippen molar-refractivity contribution < 1.29 is 13.2 Å². The molecule has 1 aromatic rings. The number of amides is 1. The van der Waals surface area contributed by atoms with Crippen molar-refractivity contribution in [3.63, 3.8) is 0 Å². The van der Waals surface area contributed by atoms with Gasteiger partial charge in [0, 0.05) is 11.1 Å². The summed E-state index contributed by atoms with van der Waals surface area (Å²) in [6.45, 7) is 5.67. The number of rotatable bonds is 6. The van der Waals surface area contributed by atoms with Crippen LogP contribution < -0.4 is 11.1 Å². The summed E-state index contributed by atoms with van der Waals surface area (Å²) in [5.41, 5.74) is 6.60. The number of nitrogens with two attached hydrogens (primary N) is 1. The normalized spacial score (nSPS) is 14.8. The molecule has 0 aromatic carbocycles. The molecule has 0 aliphatic carbocycles. The molecule has 0 saturated heterocycles. The van der Waals surface area contributed by atoms with Crippen LogP contribution in [0.25, 0.3) is 0 Å². The maximum atomic E-state index is 11.9. The van der Waals surface area contributed by atoms with Crippen LogP contribution in [0.3, 0.4) is 0 Å². The molecule has 0 bridgehead atoms. The Labute approximate surface area is 123 Å². The summed E-state index contributed by atoms with van der Waals surface area (Å²) < 4.78 is 22.1. The highest BCUT2D eigenvalue weighted by molar-refractivity contribution is 7.90. The number of thiazole rings is 1. The monoisotopic (exact) mass is 319 g/mol. The van der Waals surface area contributed by atoms with Crippen molar-refractivity contribution in [1.29, 1.82) is 0 Å². The van der Waals surface area contributed by atoms with E-state index >= 15 is 0 Å². The highest BCUT2D eigenvalue weighted by atomic mass is 32.2. The van der Waals surface area contributed by atoms with E-state index in [-0.39, 0.29) is 24.1 Å². The second-order valence-corrected chi connectivity index (χ2v) is 8.43. The molecule has 6 nitrogen and oxygen atoms in total. The summed E-state index contributed by atoms with van der Waals surface area (Å²) in [5.74, 6) is -0.430. The number of carbonyl (C=O) groups is 1. The molecular weight excluding hydrogens is 298 g/mol. The van der Waals surface area contributed by atoms with Crippen LogP contribution in [0.5, 0.6) is 0 Å². The van der Waals surface area contributed by atoms with Crippen LogP contribution in [0.2, 0.25) is 0 Å². The molecule has 0 radical (unpaired) electrons. The van der Waals surface area contributed by atoms with E-state index in [1.165, 1.54) is 11.3 Å². The Kier molecular flexibility index (Phi) is 5.67. The molecule has 0 aliphatic heterocycles. The summed E-state index contributed by atoms with van der Waals surface area (Å²) in [4.78, 5) is 17.2. The van der Waals surface area contributed by atoms with Crippen LogP contribution in [-0.4, -0.2) is 37.4 Å². The first-order valence-electron chi connectivity index (χ1n) is 6.27. The van der Waals surface area contributed by atoms with Gasteiger partial charge in [0.15, 0.2) is 0 Å². The highest BCUT2D eigenvalue weighted by Crippen LogP contribution is 2.24. The van der Waals surface area contributed by atoms with Gasteiger partial charge in [-0.1, -0.05) is 0 Å². The van der Waals surface area contributed by atoms with Crippen LogP contribution in [0.1, 0.15) is 35.0 Å². The molecule has 114 valence electrons. The van der Waals surface area contributed by atoms with Gasteiger partial charge in [-0.15, -0.1) is 11.3 Å². The van der Waals surface area contributed by atoms with Crippen molar-refractivity contribution in [2.45, 2.75) is 39.3 Å². The van der Waals surface area contributed by atoms with Gasteiger partial charge in [-0.05, 0) is 27.2 Å². The van der Waals surface area contributed by atoms with Crippen LogP contribution in [-0.2, 0) is 14.6 Å². The van der Waals surface area contributed by atoms with Crippen LogP contribution in [0.4, 0.5) is 0 Å². The van der Waals surface area contributed by atoms with Crippen LogP contribution >= 0.6 is 11.3 Å². The van der Waals surface area contributed by atoms with Gasteiger partial charge >= 0.3 is 0 Å². The predicted molar refractivity (Wildman–Crippen MR) is 80.4 cm³/mol. The molecule has 1 aromatic heterocycles. The van der Waals surface area contributed by atoms with E-state index < -0.39 is 15.9 Å². The summed E-state index contributed by atoms with van der Waals surface area (Å²) in [5, 5.41) is 3.74. The second-order valence-electron chi connectivity index (χ2n) is 4.94. The maximum absolute atomic E-state index is 11.9. The Morgan fingerprint density at radius 3 is 2.50 bits per heavy atom. The maximum Gasteiger partial charge on any atom is 0.237 e. The van der Waals surface area contributed by atoms with Crippen molar-refractivity contribution in [2.75, 3.05) is 12.0 Å². The molecule has 8 heteroatoms. The minimum absolute atomic E-state index is 0.0886. The van der Waals surface area contributed by atoms with Crippen LogP contribution in [0, 0.1) is 13.8 Å². The van der Waals surface area contributed by atoms with Gasteiger partial charge in [-0.3, -0.25) is 4.79 Å². The van der Waals surface area contributed by atoms with Gasteiger partial charge in [0.2, 0.25) is 5.91 Å². The molecule has 0 spiro atoms. The zero-order valence-corrected chi connectivity index (χ0v) is 13.8. The van der Waals surface area contributed by atoms with Gasteiger partial charge in [-0.25, -0.2) is 13.4 Å². The van der Waals surface area contributed by atoms with E-state index in [0.717, 1.165) is 21.8 Å². The number of hydrogen-bond acceptors (Lipinski definition) is 6. The molecule has 1 heterocycles. The molecule has 1 rings (SSSR count). The minimum Gasteiger partial charge on any atom is -0.347 e. The SMILES string of the molecule is Cc1nc(C)c(C(C)NC(=O)C(N)CCS(C)(=O)=O)s1. The Morgan fingerprint density at radius 2 is 2.05 bits per heavy atom. The van der Waals surface area contributed by atoms with Crippen molar-refractivity contribution >= 4 is 27.1 Å². The molecule has 3 N–H and O–H groups in total. The summed E-state index contributed by atoms with van der Waals surface area (Å²) >= 11 is 1.53. The van der Waals surface area contributed by atoms with E-state index in [4.69, 9.17) is 5.73 Å². The van der Waals surface area contributed by atoms with Gasteiger partial charge in [0.1, 0.15) is 9.84 Å². The van der Waals surface area contributed by atoms with Gasteiger partial charge in [0.05, 0.1) is 28.5 Å². The van der Waals surface area contributed by atoms with Gasteiger partial charge < -0.3 is 11.1 Å². The Hall–Kier alpha value is -0.990. The van der Waals surface area contributed by atoms with E-state index in [0.29, 0.717) is 0 Å². The number of aromatic nitrogens is 1. The highest BCUT2D eigenvalue weighted by Gasteiger charge is 2.20.